The van der Waals surface area contributed by atoms with E-state index in [-0.39, 0.29) is 5.11 Å². The summed E-state index contributed by atoms with van der Waals surface area (Å²) >= 11 is 4.68. The fraction of sp³-hybridized carbons (Fsp3) is 0. The summed E-state index contributed by atoms with van der Waals surface area (Å²) < 4.78 is 0. The van der Waals surface area contributed by atoms with E-state index in [0.717, 1.165) is 5.69 Å². The maximum atomic E-state index is 5.00. The van der Waals surface area contributed by atoms with Crippen LogP contribution in [0.4, 0.5) is 0 Å². The largest absolute Gasteiger partial charge is 0.360 e. The molecule has 5 N–H and O–H groups in total. The van der Waals surface area contributed by atoms with E-state index in [2.05, 4.69) is 33.2 Å². The van der Waals surface area contributed by atoms with Crippen molar-refractivity contribution in [3.63, 3.8) is 0 Å². The van der Waals surface area contributed by atoms with Gasteiger partial charge < -0.3 is 4.98 Å². The minimum absolute atomic E-state index is 0.276. The van der Waals surface area contributed by atoms with Crippen molar-refractivity contribution in [2.75, 3.05) is 0 Å². The maximum absolute atomic E-state index is 5.00. The van der Waals surface area contributed by atoms with Crippen molar-refractivity contribution in [3.8, 4) is 0 Å². The van der Waals surface area contributed by atoms with Crippen molar-refractivity contribution in [2.24, 2.45) is 10.9 Å². The van der Waals surface area contributed by atoms with Crippen LogP contribution in [-0.2, 0) is 0 Å². The van der Waals surface area contributed by atoms with Crippen LogP contribution >= 0.6 is 12.2 Å². The van der Waals surface area contributed by atoms with Crippen LogP contribution in [0.15, 0.2) is 23.4 Å². The molecule has 12 heavy (non-hydrogen) atoms. The predicted molar refractivity (Wildman–Crippen MR) is 51.4 cm³/mol. The second-order valence-corrected chi connectivity index (χ2v) is 2.38. The maximum Gasteiger partial charge on any atom is 0.201 e. The summed E-state index contributed by atoms with van der Waals surface area (Å²) in [6, 6.07) is 3.75. The highest BCUT2D eigenvalue weighted by atomic mass is 32.1. The van der Waals surface area contributed by atoms with Gasteiger partial charge in [-0.2, -0.15) is 5.10 Å². The van der Waals surface area contributed by atoms with Crippen LogP contribution in [-0.4, -0.2) is 16.3 Å². The Kier molecular flexibility index (Phi) is 3.24. The molecule has 0 amide bonds. The minimum atomic E-state index is 0.276. The van der Waals surface area contributed by atoms with Gasteiger partial charge in [-0.3, -0.25) is 10.9 Å². The minimum Gasteiger partial charge on any atom is -0.360 e. The Morgan fingerprint density at radius 3 is 3.17 bits per heavy atom. The Bertz CT molecular complexity index is 265. The molecule has 0 aromatic carbocycles. The number of hydrazine groups is 1. The molecule has 5 nitrogen and oxygen atoms in total. The van der Waals surface area contributed by atoms with E-state index < -0.39 is 0 Å². The molecule has 0 atom stereocenters. The highest BCUT2D eigenvalue weighted by Gasteiger charge is 1.86. The molecule has 0 aliphatic heterocycles. The van der Waals surface area contributed by atoms with Crippen LogP contribution in [0.5, 0.6) is 0 Å². The number of aromatic amines is 1. The van der Waals surface area contributed by atoms with Gasteiger partial charge in [0, 0.05) is 6.20 Å². The molecule has 1 aromatic heterocycles. The Balaban J connectivity index is 2.37. The highest BCUT2D eigenvalue weighted by Crippen LogP contribution is 1.87. The number of nitrogens with two attached hydrogens (primary N) is 1. The Labute approximate surface area is 75.0 Å². The Hall–Kier alpha value is -1.40. The number of nitrogens with one attached hydrogen (secondary N) is 3. The average Bonchev–Trinajstić information content (AvgIpc) is 2.57. The lowest BCUT2D eigenvalue weighted by Gasteiger charge is -1.97. The molecule has 0 aliphatic rings. The van der Waals surface area contributed by atoms with Gasteiger partial charge >= 0.3 is 0 Å². The second-order valence-electron chi connectivity index (χ2n) is 1.97. The molecule has 0 saturated carbocycles. The lowest BCUT2D eigenvalue weighted by molar-refractivity contribution is 0.930. The van der Waals surface area contributed by atoms with Gasteiger partial charge in [0.05, 0.1) is 11.9 Å². The number of aromatic nitrogens is 1. The zero-order valence-corrected chi connectivity index (χ0v) is 7.06. The van der Waals surface area contributed by atoms with E-state index in [1.165, 1.54) is 0 Å². The molecule has 1 rings (SSSR count). The molecule has 0 unspecified atom stereocenters. The molecule has 6 heteroatoms. The molecule has 0 spiro atoms. The first kappa shape index (κ1) is 8.69. The van der Waals surface area contributed by atoms with Crippen LogP contribution in [0.1, 0.15) is 5.69 Å². The Morgan fingerprint density at radius 1 is 1.75 bits per heavy atom. The first-order valence-corrected chi connectivity index (χ1v) is 3.67. The van der Waals surface area contributed by atoms with Gasteiger partial charge in [0.2, 0.25) is 5.11 Å². The van der Waals surface area contributed by atoms with E-state index in [0.29, 0.717) is 0 Å². The molecule has 1 aromatic rings. The fourth-order valence-corrected chi connectivity index (χ4v) is 0.670. The number of thiocarbonyl (C=S) groups is 1. The van der Waals surface area contributed by atoms with Gasteiger partial charge in [-0.1, -0.05) is 0 Å². The summed E-state index contributed by atoms with van der Waals surface area (Å²) in [6.07, 6.45) is 3.41. The van der Waals surface area contributed by atoms with Gasteiger partial charge in [0.25, 0.3) is 0 Å². The molecule has 0 radical (unpaired) electrons. The number of hydrogen-bond donors (Lipinski definition) is 4. The van der Waals surface area contributed by atoms with Crippen molar-refractivity contribution in [2.45, 2.75) is 0 Å². The van der Waals surface area contributed by atoms with Crippen molar-refractivity contribution in [1.82, 2.24) is 15.8 Å². The summed E-state index contributed by atoms with van der Waals surface area (Å²) in [7, 11) is 0. The summed E-state index contributed by atoms with van der Waals surface area (Å²) in [5.41, 5.74) is 5.65. The normalized spacial score (nSPS) is 10.1. The first-order valence-electron chi connectivity index (χ1n) is 3.26. The van der Waals surface area contributed by atoms with E-state index in [9.17, 15) is 0 Å². The fourth-order valence-electron chi connectivity index (χ4n) is 0.617. The average molecular weight is 183 g/mol. The first-order chi connectivity index (χ1) is 5.83. The molecule has 64 valence electrons. The Morgan fingerprint density at radius 2 is 2.58 bits per heavy atom. The van der Waals surface area contributed by atoms with Gasteiger partial charge in [0.15, 0.2) is 0 Å². The van der Waals surface area contributed by atoms with Crippen molar-refractivity contribution >= 4 is 23.5 Å². The number of rotatable bonds is 2. The lowest BCUT2D eigenvalue weighted by atomic mass is 10.5. The highest BCUT2D eigenvalue weighted by molar-refractivity contribution is 7.80. The summed E-state index contributed by atoms with van der Waals surface area (Å²) in [5, 5.41) is 4.07. The van der Waals surface area contributed by atoms with Crippen molar-refractivity contribution < 1.29 is 0 Å². The van der Waals surface area contributed by atoms with Crippen LogP contribution in [0.2, 0.25) is 0 Å². The summed E-state index contributed by atoms with van der Waals surface area (Å²) in [6.45, 7) is 0. The third-order valence-corrected chi connectivity index (χ3v) is 1.33. The smallest absolute Gasteiger partial charge is 0.201 e. The zero-order chi connectivity index (χ0) is 8.81. The molecule has 0 aliphatic carbocycles. The topological polar surface area (TPSA) is 78.2 Å². The quantitative estimate of drug-likeness (QED) is 0.219. The molecule has 0 saturated heterocycles. The summed E-state index contributed by atoms with van der Waals surface area (Å²) in [5.74, 6) is 5.00. The lowest BCUT2D eigenvalue weighted by Crippen LogP contribution is -2.37. The van der Waals surface area contributed by atoms with Crippen LogP contribution in [0.25, 0.3) is 0 Å². The van der Waals surface area contributed by atoms with Crippen LogP contribution < -0.4 is 16.7 Å². The molecular weight excluding hydrogens is 174 g/mol. The van der Waals surface area contributed by atoms with Crippen molar-refractivity contribution in [3.05, 3.63) is 24.0 Å². The van der Waals surface area contributed by atoms with Gasteiger partial charge in [-0.05, 0) is 24.4 Å². The van der Waals surface area contributed by atoms with E-state index in [4.69, 9.17) is 5.84 Å². The third-order valence-electron chi connectivity index (χ3n) is 1.12. The number of hydrazone groups is 1. The van der Waals surface area contributed by atoms with Gasteiger partial charge in [-0.25, -0.2) is 5.84 Å². The molecule has 0 bridgehead atoms. The van der Waals surface area contributed by atoms with E-state index in [1.54, 1.807) is 12.4 Å². The number of nitrogens with zero attached hydrogens (tertiary/aromatic N) is 1. The molecule has 1 heterocycles. The zero-order valence-electron chi connectivity index (χ0n) is 6.24. The monoisotopic (exact) mass is 183 g/mol. The van der Waals surface area contributed by atoms with Crippen LogP contribution in [0, 0.1) is 0 Å². The number of H-pyrrole nitrogens is 1. The second kappa shape index (κ2) is 4.47. The standard InChI is InChI=1S/C6H9N5S/c7-10-6(12)11-9-4-5-2-1-3-8-5/h1-4,8H,7H2,(H2,10,11,12)/b9-4+. The molecular formula is C6H9N5S. The van der Waals surface area contributed by atoms with Gasteiger partial charge in [0.1, 0.15) is 0 Å². The predicted octanol–water partition coefficient (Wildman–Crippen LogP) is -0.314. The summed E-state index contributed by atoms with van der Waals surface area (Å²) in [4.78, 5) is 2.94. The number of hydrogen-bond acceptors (Lipinski definition) is 3. The molecule has 0 fully saturated rings. The van der Waals surface area contributed by atoms with Crippen LogP contribution in [0.3, 0.4) is 0 Å². The van der Waals surface area contributed by atoms with E-state index >= 15 is 0 Å². The third kappa shape index (κ3) is 2.69. The van der Waals surface area contributed by atoms with Crippen molar-refractivity contribution in [1.29, 1.82) is 0 Å². The van der Waals surface area contributed by atoms with E-state index in [1.807, 2.05) is 12.1 Å². The SMILES string of the molecule is NNC(=S)N/N=C/c1ccc[nH]1. The van der Waals surface area contributed by atoms with Gasteiger partial charge in [-0.15, -0.1) is 0 Å².